The normalized spacial score (nSPS) is 11.4. The maximum atomic E-state index is 11.5. The molecule has 0 aliphatic carbocycles. The zero-order valence-corrected chi connectivity index (χ0v) is 17.0. The van der Waals surface area contributed by atoms with E-state index < -0.39 is 42.4 Å². The average molecular weight is 504 g/mol. The highest BCUT2D eigenvalue weighted by atomic mass is 19.4. The summed E-state index contributed by atoms with van der Waals surface area (Å²) in [6.07, 6.45) is -10.5. The Labute approximate surface area is 181 Å². The standard InChI is InChI=1S/C10H20N4O5.2C2HF3O2/c1-3-19-10(17)14(18-2)7(8(15)16)5-4-6-13-9(11)12;2*3-2(4,5)1(6)7/h7H,3-6H2,1-2H3,(H,15,16)(H4,11,12,13);2*(H,6,7)/t7-;;/m0../s1. The summed E-state index contributed by atoms with van der Waals surface area (Å²) < 4.78 is 68.2. The van der Waals surface area contributed by atoms with E-state index in [4.69, 9.17) is 45.6 Å². The number of nitrogens with one attached hydrogen (secondary N) is 2. The van der Waals surface area contributed by atoms with Gasteiger partial charge in [0.05, 0.1) is 13.7 Å². The first-order valence-corrected chi connectivity index (χ1v) is 8.23. The number of guanidine groups is 1. The number of halogens is 6. The van der Waals surface area contributed by atoms with Crippen LogP contribution in [0, 0.1) is 5.41 Å². The van der Waals surface area contributed by atoms with Crippen LogP contribution >= 0.6 is 0 Å². The average Bonchev–Trinajstić information content (AvgIpc) is 2.63. The van der Waals surface area contributed by atoms with Crippen molar-refractivity contribution < 1.29 is 70.4 Å². The number of nitrogens with zero attached hydrogens (tertiary/aromatic N) is 1. The van der Waals surface area contributed by atoms with Gasteiger partial charge < -0.3 is 31.1 Å². The summed E-state index contributed by atoms with van der Waals surface area (Å²) in [7, 11) is 1.20. The van der Waals surface area contributed by atoms with E-state index in [1.807, 2.05) is 0 Å². The van der Waals surface area contributed by atoms with Gasteiger partial charge in [-0.15, -0.1) is 0 Å². The van der Waals surface area contributed by atoms with Gasteiger partial charge in [-0.3, -0.25) is 10.2 Å². The van der Waals surface area contributed by atoms with E-state index >= 15 is 0 Å². The van der Waals surface area contributed by atoms with Crippen LogP contribution in [-0.2, 0) is 24.0 Å². The van der Waals surface area contributed by atoms with Crippen molar-refractivity contribution in [3.63, 3.8) is 0 Å². The summed E-state index contributed by atoms with van der Waals surface area (Å²) in [4.78, 5) is 45.2. The van der Waals surface area contributed by atoms with Gasteiger partial charge in [0.1, 0.15) is 0 Å². The van der Waals surface area contributed by atoms with E-state index in [0.717, 1.165) is 0 Å². The molecule has 0 aliphatic heterocycles. The molecule has 0 aliphatic rings. The summed E-state index contributed by atoms with van der Waals surface area (Å²) in [5, 5.41) is 33.5. The third kappa shape index (κ3) is 18.9. The van der Waals surface area contributed by atoms with Crippen LogP contribution in [0.4, 0.5) is 31.1 Å². The van der Waals surface area contributed by atoms with Crippen molar-refractivity contribution in [1.82, 2.24) is 10.4 Å². The number of aliphatic carboxylic acids is 3. The summed E-state index contributed by atoms with van der Waals surface area (Å²) in [6.45, 7) is 2.06. The number of nitrogens with two attached hydrogens (primary N) is 1. The summed E-state index contributed by atoms with van der Waals surface area (Å²) in [5.74, 6) is -6.90. The second kappa shape index (κ2) is 16.2. The van der Waals surface area contributed by atoms with E-state index in [1.54, 1.807) is 6.92 Å². The van der Waals surface area contributed by atoms with Crippen LogP contribution in [0.2, 0.25) is 0 Å². The number of carboxylic acid groups (broad SMARTS) is 3. The van der Waals surface area contributed by atoms with Crippen LogP contribution in [0.5, 0.6) is 0 Å². The molecule has 0 radical (unpaired) electrons. The molecular weight excluding hydrogens is 482 g/mol. The van der Waals surface area contributed by atoms with Gasteiger partial charge in [0.15, 0.2) is 12.0 Å². The first-order valence-electron chi connectivity index (χ1n) is 8.23. The Morgan fingerprint density at radius 3 is 1.67 bits per heavy atom. The van der Waals surface area contributed by atoms with Gasteiger partial charge in [0, 0.05) is 6.54 Å². The Morgan fingerprint density at radius 1 is 1.03 bits per heavy atom. The predicted molar refractivity (Wildman–Crippen MR) is 93.8 cm³/mol. The Kier molecular flexibility index (Phi) is 16.7. The van der Waals surface area contributed by atoms with Gasteiger partial charge in [-0.25, -0.2) is 19.2 Å². The molecule has 0 aromatic heterocycles. The number of amides is 1. The number of carbonyl (C=O) groups is 4. The smallest absolute Gasteiger partial charge is 0.480 e. The van der Waals surface area contributed by atoms with Crippen LogP contribution in [0.1, 0.15) is 19.8 Å². The van der Waals surface area contributed by atoms with E-state index in [2.05, 4.69) is 5.32 Å². The third-order valence-corrected chi connectivity index (χ3v) is 2.67. The second-order valence-corrected chi connectivity index (χ2v) is 5.15. The lowest BCUT2D eigenvalue weighted by Gasteiger charge is -2.25. The second-order valence-electron chi connectivity index (χ2n) is 5.15. The minimum Gasteiger partial charge on any atom is -0.480 e. The fraction of sp³-hybridized carbons (Fsp3) is 0.643. The van der Waals surface area contributed by atoms with Crippen molar-refractivity contribution >= 4 is 30.0 Å². The Balaban J connectivity index is -0.000000524. The van der Waals surface area contributed by atoms with Gasteiger partial charge >= 0.3 is 36.4 Å². The molecule has 19 heteroatoms. The Bertz CT molecular complexity index is 634. The van der Waals surface area contributed by atoms with Crippen molar-refractivity contribution in [3.8, 4) is 0 Å². The van der Waals surface area contributed by atoms with Crippen LogP contribution in [0.25, 0.3) is 0 Å². The number of carbonyl (C=O) groups excluding carboxylic acids is 1. The maximum Gasteiger partial charge on any atom is 0.490 e. The summed E-state index contributed by atoms with van der Waals surface area (Å²) >= 11 is 0. The van der Waals surface area contributed by atoms with Crippen LogP contribution < -0.4 is 11.1 Å². The minimum atomic E-state index is -5.08. The van der Waals surface area contributed by atoms with E-state index in [9.17, 15) is 35.9 Å². The van der Waals surface area contributed by atoms with E-state index in [-0.39, 0.29) is 19.0 Å². The first kappa shape index (κ1) is 34.1. The zero-order valence-electron chi connectivity index (χ0n) is 17.0. The first-order chi connectivity index (χ1) is 14.8. The fourth-order valence-electron chi connectivity index (χ4n) is 1.38. The number of hydroxylamine groups is 2. The molecule has 0 unspecified atom stereocenters. The van der Waals surface area contributed by atoms with Crippen molar-refractivity contribution in [2.24, 2.45) is 5.73 Å². The highest BCUT2D eigenvalue weighted by molar-refractivity contribution is 5.79. The van der Waals surface area contributed by atoms with Gasteiger partial charge in [-0.05, 0) is 19.8 Å². The van der Waals surface area contributed by atoms with Crippen molar-refractivity contribution in [1.29, 1.82) is 5.41 Å². The summed E-state index contributed by atoms with van der Waals surface area (Å²) in [6, 6.07) is -1.15. The maximum absolute atomic E-state index is 11.5. The van der Waals surface area contributed by atoms with Gasteiger partial charge in [-0.2, -0.15) is 31.4 Å². The van der Waals surface area contributed by atoms with Crippen LogP contribution in [0.3, 0.4) is 0 Å². The molecule has 0 fully saturated rings. The SMILES string of the molecule is CCOC(=O)N(OC)[C@@H](CCCNC(=N)N)C(=O)O.O=C(O)C(F)(F)F.O=C(O)C(F)(F)F. The predicted octanol–water partition coefficient (Wildman–Crippen LogP) is 0.989. The Hall–Kier alpha value is -3.51. The number of ether oxygens (including phenoxy) is 1. The molecule has 0 bridgehead atoms. The van der Waals surface area contributed by atoms with Crippen LogP contribution in [0.15, 0.2) is 0 Å². The number of hydrogen-bond donors (Lipinski definition) is 6. The molecule has 0 aromatic rings. The molecule has 1 amide bonds. The van der Waals surface area contributed by atoms with Crippen molar-refractivity contribution in [2.75, 3.05) is 20.3 Å². The highest BCUT2D eigenvalue weighted by Gasteiger charge is 2.38. The number of hydrogen-bond acceptors (Lipinski definition) is 7. The van der Waals surface area contributed by atoms with Crippen molar-refractivity contribution in [2.45, 2.75) is 38.2 Å². The molecule has 0 heterocycles. The lowest BCUT2D eigenvalue weighted by atomic mass is 10.1. The molecule has 0 rings (SSSR count). The van der Waals surface area contributed by atoms with Crippen LogP contribution in [-0.4, -0.2) is 89.0 Å². The fourth-order valence-corrected chi connectivity index (χ4v) is 1.38. The van der Waals surface area contributed by atoms with E-state index in [0.29, 0.717) is 18.0 Å². The van der Waals surface area contributed by atoms with E-state index in [1.165, 1.54) is 7.11 Å². The quantitative estimate of drug-likeness (QED) is 0.0901. The Morgan fingerprint density at radius 2 is 1.42 bits per heavy atom. The third-order valence-electron chi connectivity index (χ3n) is 2.67. The van der Waals surface area contributed by atoms with Crippen molar-refractivity contribution in [3.05, 3.63) is 0 Å². The zero-order chi connectivity index (χ0) is 27.0. The number of carboxylic acids is 3. The molecule has 1 atom stereocenters. The lowest BCUT2D eigenvalue weighted by Crippen LogP contribution is -2.45. The molecule has 7 N–H and O–H groups in total. The summed E-state index contributed by atoms with van der Waals surface area (Å²) in [5.41, 5.74) is 5.09. The van der Waals surface area contributed by atoms with Gasteiger partial charge in [0.2, 0.25) is 0 Å². The monoisotopic (exact) mass is 504 g/mol. The molecule has 0 saturated heterocycles. The lowest BCUT2D eigenvalue weighted by molar-refractivity contribution is -0.193. The molecular formula is C14H22F6N4O9. The largest absolute Gasteiger partial charge is 0.490 e. The minimum absolute atomic E-state index is 0.122. The molecule has 194 valence electrons. The molecule has 0 spiro atoms. The number of rotatable bonds is 8. The molecule has 0 saturated carbocycles. The number of alkyl halides is 6. The molecule has 33 heavy (non-hydrogen) atoms. The molecule has 13 nitrogen and oxygen atoms in total. The topological polar surface area (TPSA) is 213 Å². The van der Waals surface area contributed by atoms with Gasteiger partial charge in [-0.1, -0.05) is 0 Å². The van der Waals surface area contributed by atoms with Gasteiger partial charge in [0.25, 0.3) is 0 Å². The molecule has 0 aromatic carbocycles. The highest BCUT2D eigenvalue weighted by Crippen LogP contribution is 2.13.